The molecule has 0 aliphatic carbocycles. The summed E-state index contributed by atoms with van der Waals surface area (Å²) in [5, 5.41) is 16.6. The third-order valence-electron chi connectivity index (χ3n) is 2.35. The monoisotopic (exact) mass is 297 g/mol. The highest BCUT2D eigenvalue weighted by molar-refractivity contribution is 5.83. The molecular weight excluding hydrogens is 278 g/mol. The predicted octanol–water partition coefficient (Wildman–Crippen LogP) is -1.09. The van der Waals surface area contributed by atoms with Gasteiger partial charge in [0.05, 0.1) is 6.42 Å². The van der Waals surface area contributed by atoms with E-state index in [4.69, 9.17) is 21.7 Å². The number of amides is 1. The van der Waals surface area contributed by atoms with Gasteiger partial charge in [0.2, 0.25) is 5.91 Å². The van der Waals surface area contributed by atoms with Gasteiger partial charge in [-0.25, -0.2) is 0 Å². The number of carboxylic acids is 2. The van der Waals surface area contributed by atoms with Crippen molar-refractivity contribution in [3.8, 4) is 0 Å². The van der Waals surface area contributed by atoms with Crippen molar-refractivity contribution in [3.63, 3.8) is 0 Å². The fourth-order valence-electron chi connectivity index (χ4n) is 1.26. The molecule has 1 aromatic carbocycles. The van der Waals surface area contributed by atoms with E-state index < -0.39 is 29.9 Å². The van der Waals surface area contributed by atoms with E-state index in [9.17, 15) is 14.4 Å². The molecular formula is C13H19N3O5. The molecule has 116 valence electrons. The molecule has 0 fully saturated rings. The second kappa shape index (κ2) is 9.45. The van der Waals surface area contributed by atoms with Crippen LogP contribution in [0.15, 0.2) is 30.3 Å². The number of nitrogens with two attached hydrogens (primary N) is 3. The smallest absolute Gasteiger partial charge is 0.321 e. The van der Waals surface area contributed by atoms with Crippen LogP contribution in [0.4, 0.5) is 0 Å². The Morgan fingerprint density at radius 3 is 1.76 bits per heavy atom. The molecule has 8 heteroatoms. The summed E-state index contributed by atoms with van der Waals surface area (Å²) in [6, 6.07) is 7.38. The molecule has 0 saturated heterocycles. The molecule has 0 radical (unpaired) electrons. The number of aliphatic carboxylic acids is 2. The molecule has 0 spiro atoms. The molecule has 0 aromatic heterocycles. The number of carboxylic acid groups (broad SMARTS) is 2. The molecule has 0 unspecified atom stereocenters. The lowest BCUT2D eigenvalue weighted by molar-refractivity contribution is -0.140. The Balaban J connectivity index is 0.000000400. The van der Waals surface area contributed by atoms with E-state index in [1.165, 1.54) is 0 Å². The van der Waals surface area contributed by atoms with Gasteiger partial charge in [0.1, 0.15) is 12.1 Å². The van der Waals surface area contributed by atoms with Crippen LogP contribution < -0.4 is 17.2 Å². The topological polar surface area (TPSA) is 170 Å². The van der Waals surface area contributed by atoms with E-state index >= 15 is 0 Å². The molecule has 2 atom stereocenters. The van der Waals surface area contributed by atoms with Gasteiger partial charge in [0.15, 0.2) is 0 Å². The van der Waals surface area contributed by atoms with Crippen molar-refractivity contribution in [2.24, 2.45) is 17.2 Å². The largest absolute Gasteiger partial charge is 0.480 e. The van der Waals surface area contributed by atoms with E-state index in [0.29, 0.717) is 6.42 Å². The number of rotatable bonds is 6. The van der Waals surface area contributed by atoms with E-state index in [1.807, 2.05) is 30.3 Å². The summed E-state index contributed by atoms with van der Waals surface area (Å²) in [4.78, 5) is 30.3. The molecule has 0 heterocycles. The molecule has 0 aliphatic heterocycles. The van der Waals surface area contributed by atoms with Gasteiger partial charge in [0, 0.05) is 0 Å². The van der Waals surface area contributed by atoms with Gasteiger partial charge >= 0.3 is 11.9 Å². The first-order chi connectivity index (χ1) is 9.73. The van der Waals surface area contributed by atoms with Crippen molar-refractivity contribution in [3.05, 3.63) is 35.9 Å². The maximum Gasteiger partial charge on any atom is 0.321 e. The van der Waals surface area contributed by atoms with Crippen LogP contribution in [0.1, 0.15) is 12.0 Å². The summed E-state index contributed by atoms with van der Waals surface area (Å²) in [6.07, 6.45) is 0.0749. The van der Waals surface area contributed by atoms with Crippen LogP contribution in [-0.4, -0.2) is 40.1 Å². The van der Waals surface area contributed by atoms with Crippen LogP contribution in [0.3, 0.4) is 0 Å². The van der Waals surface area contributed by atoms with Gasteiger partial charge in [-0.2, -0.15) is 0 Å². The average Bonchev–Trinajstić information content (AvgIpc) is 2.39. The summed E-state index contributed by atoms with van der Waals surface area (Å²) in [7, 11) is 0. The van der Waals surface area contributed by atoms with Gasteiger partial charge in [-0.3, -0.25) is 14.4 Å². The second-order valence-corrected chi connectivity index (χ2v) is 4.25. The van der Waals surface area contributed by atoms with Crippen molar-refractivity contribution in [1.29, 1.82) is 0 Å². The van der Waals surface area contributed by atoms with E-state index in [1.54, 1.807) is 0 Å². The van der Waals surface area contributed by atoms with Crippen molar-refractivity contribution >= 4 is 17.8 Å². The number of primary amides is 1. The van der Waals surface area contributed by atoms with Crippen molar-refractivity contribution in [2.45, 2.75) is 24.9 Å². The highest BCUT2D eigenvalue weighted by Crippen LogP contribution is 2.01. The molecule has 8 N–H and O–H groups in total. The Bertz CT molecular complexity index is 478. The molecule has 0 saturated carbocycles. The number of carbonyl (C=O) groups excluding carboxylic acids is 1. The quantitative estimate of drug-likeness (QED) is 0.444. The van der Waals surface area contributed by atoms with Gasteiger partial charge in [-0.15, -0.1) is 0 Å². The summed E-state index contributed by atoms with van der Waals surface area (Å²) in [6.45, 7) is 0. The van der Waals surface area contributed by atoms with Crippen molar-refractivity contribution in [1.82, 2.24) is 0 Å². The molecule has 1 aromatic rings. The number of hydrogen-bond donors (Lipinski definition) is 5. The fraction of sp³-hybridized carbons (Fsp3) is 0.308. The van der Waals surface area contributed by atoms with E-state index in [-0.39, 0.29) is 6.42 Å². The lowest BCUT2D eigenvalue weighted by Crippen LogP contribution is -2.34. The minimum atomic E-state index is -1.21. The normalized spacial score (nSPS) is 12.5. The van der Waals surface area contributed by atoms with E-state index in [2.05, 4.69) is 5.73 Å². The Hall–Kier alpha value is -2.45. The maximum atomic E-state index is 10.4. The van der Waals surface area contributed by atoms with Crippen molar-refractivity contribution < 1.29 is 24.6 Å². The van der Waals surface area contributed by atoms with E-state index in [0.717, 1.165) is 5.56 Å². The molecule has 1 rings (SSSR count). The highest BCUT2D eigenvalue weighted by Gasteiger charge is 2.13. The zero-order valence-corrected chi connectivity index (χ0v) is 11.3. The second-order valence-electron chi connectivity index (χ2n) is 4.25. The summed E-state index contributed by atoms with van der Waals surface area (Å²) in [5.74, 6) is -2.88. The summed E-state index contributed by atoms with van der Waals surface area (Å²) in [5.41, 5.74) is 15.9. The summed E-state index contributed by atoms with van der Waals surface area (Å²) < 4.78 is 0. The number of carbonyl (C=O) groups is 3. The van der Waals surface area contributed by atoms with Crippen LogP contribution >= 0.6 is 0 Å². The van der Waals surface area contributed by atoms with Crippen LogP contribution in [0.2, 0.25) is 0 Å². The van der Waals surface area contributed by atoms with Gasteiger partial charge in [0.25, 0.3) is 0 Å². The standard InChI is InChI=1S/C9H11NO2.C4H8N2O3/c10-8(9(11)12)6-7-4-2-1-3-5-7;5-2(4(8)9)1-3(6)7/h1-5,8H,6,10H2,(H,11,12);2H,1,5H2,(H2,6,7)(H,8,9)/t8-;2-/m10/s1. The third kappa shape index (κ3) is 9.14. The Labute approximate surface area is 121 Å². The minimum absolute atomic E-state index is 0.310. The van der Waals surface area contributed by atoms with Crippen LogP contribution in [0.5, 0.6) is 0 Å². The van der Waals surface area contributed by atoms with Crippen LogP contribution in [0.25, 0.3) is 0 Å². The molecule has 21 heavy (non-hydrogen) atoms. The first-order valence-electron chi connectivity index (χ1n) is 6.03. The molecule has 0 bridgehead atoms. The lowest BCUT2D eigenvalue weighted by Gasteiger charge is -2.04. The predicted molar refractivity (Wildman–Crippen MR) is 75.2 cm³/mol. The third-order valence-corrected chi connectivity index (χ3v) is 2.35. The average molecular weight is 297 g/mol. The minimum Gasteiger partial charge on any atom is -0.480 e. The molecule has 0 aliphatic rings. The zero-order chi connectivity index (χ0) is 16.4. The highest BCUT2D eigenvalue weighted by atomic mass is 16.4. The Kier molecular flexibility index (Phi) is 8.35. The van der Waals surface area contributed by atoms with Gasteiger partial charge in [-0.05, 0) is 12.0 Å². The number of benzene rings is 1. The first kappa shape index (κ1) is 18.6. The van der Waals surface area contributed by atoms with Crippen LogP contribution in [-0.2, 0) is 20.8 Å². The molecule has 8 nitrogen and oxygen atoms in total. The fourth-order valence-corrected chi connectivity index (χ4v) is 1.26. The van der Waals surface area contributed by atoms with Crippen LogP contribution in [0, 0.1) is 0 Å². The molecule has 1 amide bonds. The summed E-state index contributed by atoms with van der Waals surface area (Å²) >= 11 is 0. The Morgan fingerprint density at radius 1 is 0.952 bits per heavy atom. The van der Waals surface area contributed by atoms with Crippen molar-refractivity contribution in [2.75, 3.05) is 0 Å². The van der Waals surface area contributed by atoms with Gasteiger partial charge < -0.3 is 27.4 Å². The number of hydrogen-bond acceptors (Lipinski definition) is 5. The first-order valence-corrected chi connectivity index (χ1v) is 6.03. The maximum absolute atomic E-state index is 10.4. The lowest BCUT2D eigenvalue weighted by atomic mass is 10.1. The zero-order valence-electron chi connectivity index (χ0n) is 11.3. The Morgan fingerprint density at radius 2 is 1.43 bits per heavy atom. The SMILES string of the molecule is NC(=O)C[C@H](N)C(=O)O.N[C@H](Cc1ccccc1)C(=O)O. The van der Waals surface area contributed by atoms with Gasteiger partial charge in [-0.1, -0.05) is 30.3 Å².